The van der Waals surface area contributed by atoms with Gasteiger partial charge in [0.1, 0.15) is 6.61 Å². The van der Waals surface area contributed by atoms with Crippen LogP contribution >= 0.6 is 0 Å². The predicted octanol–water partition coefficient (Wildman–Crippen LogP) is 3.71. The molecule has 2 N–H and O–H groups in total. The monoisotopic (exact) mass is 353 g/mol. The van der Waals surface area contributed by atoms with Crippen LogP contribution in [0.3, 0.4) is 0 Å². The van der Waals surface area contributed by atoms with Gasteiger partial charge in [-0.05, 0) is 37.8 Å². The number of benzene rings is 2. The lowest BCUT2D eigenvalue weighted by atomic mass is 9.61. The normalized spacial score (nSPS) is 21.5. The number of carbonyl (C=O) groups excluding carboxylic acids is 1. The van der Waals surface area contributed by atoms with Crippen LogP contribution in [0.15, 0.2) is 48.5 Å². The summed E-state index contributed by atoms with van der Waals surface area (Å²) in [6, 6.07) is 15.1. The van der Waals surface area contributed by atoms with E-state index in [9.17, 15) is 14.7 Å². The Labute approximate surface area is 153 Å². The van der Waals surface area contributed by atoms with Crippen LogP contribution in [0.2, 0.25) is 0 Å². The highest BCUT2D eigenvalue weighted by Crippen LogP contribution is 2.44. The van der Waals surface area contributed by atoms with E-state index in [2.05, 4.69) is 5.32 Å². The second kappa shape index (κ2) is 7.20. The number of aryl methyl sites for hydroxylation is 2. The first-order valence-electron chi connectivity index (χ1n) is 8.68. The Morgan fingerprint density at radius 1 is 1.12 bits per heavy atom. The Bertz CT molecular complexity index is 790. The fourth-order valence-corrected chi connectivity index (χ4v) is 3.60. The molecule has 1 fully saturated rings. The van der Waals surface area contributed by atoms with Crippen molar-refractivity contribution in [3.63, 3.8) is 0 Å². The Morgan fingerprint density at radius 2 is 1.73 bits per heavy atom. The Morgan fingerprint density at radius 3 is 2.31 bits per heavy atom. The van der Waals surface area contributed by atoms with Crippen molar-refractivity contribution in [1.29, 1.82) is 0 Å². The number of rotatable bonds is 5. The number of nitrogens with one attached hydrogen (secondary N) is 1. The molecule has 0 heterocycles. The zero-order chi connectivity index (χ0) is 18.7. The van der Waals surface area contributed by atoms with Crippen molar-refractivity contribution in [3.05, 3.63) is 70.8 Å². The maximum absolute atomic E-state index is 12.0. The molecule has 0 atom stereocenters. The van der Waals surface area contributed by atoms with E-state index >= 15 is 0 Å². The third kappa shape index (κ3) is 3.72. The van der Waals surface area contributed by atoms with Crippen LogP contribution < -0.4 is 5.32 Å². The van der Waals surface area contributed by atoms with Gasteiger partial charge in [0.05, 0.1) is 5.41 Å². The lowest BCUT2D eigenvalue weighted by Crippen LogP contribution is -2.57. The van der Waals surface area contributed by atoms with Gasteiger partial charge < -0.3 is 15.2 Å². The van der Waals surface area contributed by atoms with Gasteiger partial charge in [-0.3, -0.25) is 4.79 Å². The molecule has 0 unspecified atom stereocenters. The SMILES string of the molecule is Cc1cc(C)cc(C2(C(=O)O)CC(NC(=O)OCc3ccccc3)C2)c1. The summed E-state index contributed by atoms with van der Waals surface area (Å²) in [7, 11) is 0. The molecule has 0 aliphatic heterocycles. The summed E-state index contributed by atoms with van der Waals surface area (Å²) in [5.74, 6) is -0.849. The molecule has 5 nitrogen and oxygen atoms in total. The number of carbonyl (C=O) groups is 2. The molecule has 26 heavy (non-hydrogen) atoms. The highest BCUT2D eigenvalue weighted by atomic mass is 16.5. The predicted molar refractivity (Wildman–Crippen MR) is 98.0 cm³/mol. The van der Waals surface area contributed by atoms with Gasteiger partial charge in [-0.25, -0.2) is 4.79 Å². The molecule has 1 aliphatic carbocycles. The number of carboxylic acids is 1. The van der Waals surface area contributed by atoms with Crippen molar-refractivity contribution in [2.75, 3.05) is 0 Å². The number of hydrogen-bond acceptors (Lipinski definition) is 3. The average molecular weight is 353 g/mol. The summed E-state index contributed by atoms with van der Waals surface area (Å²) in [6.45, 7) is 4.11. The number of alkyl carbamates (subject to hydrolysis) is 1. The number of amides is 1. The highest BCUT2D eigenvalue weighted by Gasteiger charge is 2.52. The van der Waals surface area contributed by atoms with E-state index in [1.54, 1.807) is 0 Å². The van der Waals surface area contributed by atoms with Gasteiger partial charge in [0, 0.05) is 6.04 Å². The molecule has 0 aromatic heterocycles. The van der Waals surface area contributed by atoms with Gasteiger partial charge in [-0.15, -0.1) is 0 Å². The Hall–Kier alpha value is -2.82. The lowest BCUT2D eigenvalue weighted by Gasteiger charge is -2.45. The minimum Gasteiger partial charge on any atom is -0.481 e. The van der Waals surface area contributed by atoms with Crippen molar-refractivity contribution >= 4 is 12.1 Å². The van der Waals surface area contributed by atoms with Crippen LogP contribution in [0.1, 0.15) is 35.1 Å². The molecule has 1 aliphatic rings. The van der Waals surface area contributed by atoms with Crippen molar-refractivity contribution in [1.82, 2.24) is 5.32 Å². The molecule has 0 spiro atoms. The van der Waals surface area contributed by atoms with Crippen molar-refractivity contribution in [3.8, 4) is 0 Å². The molecule has 136 valence electrons. The maximum atomic E-state index is 12.0. The first-order chi connectivity index (χ1) is 12.4. The third-order valence-corrected chi connectivity index (χ3v) is 4.91. The van der Waals surface area contributed by atoms with E-state index in [4.69, 9.17) is 4.74 Å². The van der Waals surface area contributed by atoms with Gasteiger partial charge in [0.15, 0.2) is 0 Å². The number of ether oxygens (including phenoxy) is 1. The van der Waals surface area contributed by atoms with Gasteiger partial charge in [0.2, 0.25) is 0 Å². The molecule has 2 aromatic carbocycles. The molecule has 5 heteroatoms. The van der Waals surface area contributed by atoms with Crippen LogP contribution in [0.5, 0.6) is 0 Å². The number of carboxylic acid groups (broad SMARTS) is 1. The summed E-state index contributed by atoms with van der Waals surface area (Å²) in [6.07, 6.45) is 0.218. The maximum Gasteiger partial charge on any atom is 0.407 e. The largest absolute Gasteiger partial charge is 0.481 e. The first kappa shape index (κ1) is 18.0. The standard InChI is InChI=1S/C21H23NO4/c1-14-8-15(2)10-17(9-14)21(19(23)24)11-18(12-21)22-20(25)26-13-16-6-4-3-5-7-16/h3-10,18H,11-13H2,1-2H3,(H,22,25)(H,23,24). The summed E-state index contributed by atoms with van der Waals surface area (Å²) < 4.78 is 5.21. The summed E-state index contributed by atoms with van der Waals surface area (Å²) in [5, 5.41) is 12.5. The van der Waals surface area contributed by atoms with Crippen LogP contribution in [0.25, 0.3) is 0 Å². The van der Waals surface area contributed by atoms with E-state index < -0.39 is 17.5 Å². The van der Waals surface area contributed by atoms with Crippen LogP contribution in [-0.2, 0) is 21.6 Å². The Kier molecular flexibility index (Phi) is 4.98. The summed E-state index contributed by atoms with van der Waals surface area (Å²) in [4.78, 5) is 23.9. The highest BCUT2D eigenvalue weighted by molar-refractivity contribution is 5.84. The zero-order valence-corrected chi connectivity index (χ0v) is 15.0. The van der Waals surface area contributed by atoms with E-state index in [1.807, 2.05) is 62.4 Å². The van der Waals surface area contributed by atoms with Crippen molar-refractivity contribution in [2.24, 2.45) is 0 Å². The van der Waals surface area contributed by atoms with Crippen molar-refractivity contribution in [2.45, 2.75) is 44.8 Å². The smallest absolute Gasteiger partial charge is 0.407 e. The third-order valence-electron chi connectivity index (χ3n) is 4.91. The fourth-order valence-electron chi connectivity index (χ4n) is 3.60. The van der Waals surface area contributed by atoms with E-state index in [-0.39, 0.29) is 12.6 Å². The van der Waals surface area contributed by atoms with Crippen LogP contribution in [0, 0.1) is 13.8 Å². The van der Waals surface area contributed by atoms with Gasteiger partial charge in [0.25, 0.3) is 0 Å². The molecule has 2 aromatic rings. The average Bonchev–Trinajstić information content (AvgIpc) is 2.55. The molecule has 1 amide bonds. The molecular formula is C21H23NO4. The van der Waals surface area contributed by atoms with Gasteiger partial charge in [-0.1, -0.05) is 59.7 Å². The van der Waals surface area contributed by atoms with Crippen LogP contribution in [-0.4, -0.2) is 23.2 Å². The summed E-state index contributed by atoms with van der Waals surface area (Å²) in [5.41, 5.74) is 2.86. The lowest BCUT2D eigenvalue weighted by molar-refractivity contribution is -0.148. The molecule has 0 bridgehead atoms. The molecule has 0 saturated heterocycles. The van der Waals surface area contributed by atoms with E-state index in [0.29, 0.717) is 12.8 Å². The number of hydrogen-bond donors (Lipinski definition) is 2. The summed E-state index contributed by atoms with van der Waals surface area (Å²) >= 11 is 0. The van der Waals surface area contributed by atoms with E-state index in [0.717, 1.165) is 22.3 Å². The fraction of sp³-hybridized carbons (Fsp3) is 0.333. The second-order valence-corrected chi connectivity index (χ2v) is 7.07. The van der Waals surface area contributed by atoms with Gasteiger partial charge in [-0.2, -0.15) is 0 Å². The van der Waals surface area contributed by atoms with Crippen LogP contribution in [0.4, 0.5) is 4.79 Å². The zero-order valence-electron chi connectivity index (χ0n) is 15.0. The van der Waals surface area contributed by atoms with Gasteiger partial charge >= 0.3 is 12.1 Å². The molecular weight excluding hydrogens is 330 g/mol. The quantitative estimate of drug-likeness (QED) is 0.859. The Balaban J connectivity index is 1.60. The topological polar surface area (TPSA) is 75.6 Å². The molecule has 0 radical (unpaired) electrons. The van der Waals surface area contributed by atoms with Crippen molar-refractivity contribution < 1.29 is 19.4 Å². The number of aliphatic carboxylic acids is 1. The minimum atomic E-state index is -0.936. The minimum absolute atomic E-state index is 0.195. The second-order valence-electron chi connectivity index (χ2n) is 7.07. The molecule has 1 saturated carbocycles. The first-order valence-corrected chi connectivity index (χ1v) is 8.68. The molecule has 3 rings (SSSR count). The van der Waals surface area contributed by atoms with E-state index in [1.165, 1.54) is 0 Å².